The van der Waals surface area contributed by atoms with Crippen LogP contribution in [0, 0.1) is 12.7 Å². The van der Waals surface area contributed by atoms with Crippen LogP contribution in [-0.2, 0) is 4.74 Å². The minimum atomic E-state index is -0.619. The second-order valence-electron chi connectivity index (χ2n) is 7.54. The van der Waals surface area contributed by atoms with Crippen molar-refractivity contribution in [2.75, 3.05) is 12.4 Å². The Labute approximate surface area is 198 Å². The van der Waals surface area contributed by atoms with Gasteiger partial charge in [-0.3, -0.25) is 4.79 Å². The summed E-state index contributed by atoms with van der Waals surface area (Å²) in [7, 11) is 1.25. The first-order valence-corrected chi connectivity index (χ1v) is 10.5. The van der Waals surface area contributed by atoms with Crippen molar-refractivity contribution in [2.24, 2.45) is 0 Å². The fourth-order valence-electron chi connectivity index (χ4n) is 3.67. The maximum atomic E-state index is 13.4. The quantitative estimate of drug-likeness (QED) is 0.390. The summed E-state index contributed by atoms with van der Waals surface area (Å²) in [5.41, 5.74) is 2.01. The lowest BCUT2D eigenvalue weighted by Crippen LogP contribution is -2.19. The van der Waals surface area contributed by atoms with E-state index >= 15 is 0 Å². The summed E-state index contributed by atoms with van der Waals surface area (Å²) >= 11 is 0. The predicted molar refractivity (Wildman–Crippen MR) is 124 cm³/mol. The molecule has 0 aliphatic carbocycles. The van der Waals surface area contributed by atoms with Gasteiger partial charge >= 0.3 is 5.97 Å². The highest BCUT2D eigenvalue weighted by atomic mass is 19.1. The topological polar surface area (TPSA) is 117 Å². The number of halogens is 1. The van der Waals surface area contributed by atoms with E-state index in [-0.39, 0.29) is 16.9 Å². The molecule has 3 heterocycles. The van der Waals surface area contributed by atoms with Crippen LogP contribution in [-0.4, -0.2) is 48.5 Å². The number of amides is 1. The van der Waals surface area contributed by atoms with Crippen LogP contribution >= 0.6 is 0 Å². The van der Waals surface area contributed by atoms with Gasteiger partial charge in [0.05, 0.1) is 41.2 Å². The molecule has 3 aromatic heterocycles. The lowest BCUT2D eigenvalue weighted by molar-refractivity contribution is 0.0597. The van der Waals surface area contributed by atoms with Crippen molar-refractivity contribution in [1.29, 1.82) is 0 Å². The summed E-state index contributed by atoms with van der Waals surface area (Å²) in [5, 5.41) is 12.2. The van der Waals surface area contributed by atoms with Crippen LogP contribution < -0.4 is 5.32 Å². The van der Waals surface area contributed by atoms with E-state index in [1.807, 2.05) is 0 Å². The van der Waals surface area contributed by atoms with Gasteiger partial charge in [0, 0.05) is 6.07 Å². The zero-order chi connectivity index (χ0) is 24.5. The van der Waals surface area contributed by atoms with Crippen LogP contribution in [0.1, 0.15) is 26.4 Å². The highest BCUT2D eigenvalue weighted by molar-refractivity contribution is 6.10. The molecule has 1 N–H and O–H groups in total. The first-order valence-electron chi connectivity index (χ1n) is 10.5. The predicted octanol–water partition coefficient (Wildman–Crippen LogP) is 3.49. The molecule has 0 unspecified atom stereocenters. The Kier molecular flexibility index (Phi) is 5.49. The first kappa shape index (κ1) is 21.9. The van der Waals surface area contributed by atoms with E-state index in [9.17, 15) is 14.0 Å². The summed E-state index contributed by atoms with van der Waals surface area (Å²) in [5.74, 6) is -0.776. The molecule has 2 aromatic carbocycles. The number of hydrogen-bond donors (Lipinski definition) is 1. The Morgan fingerprint density at radius 3 is 2.49 bits per heavy atom. The third-order valence-electron chi connectivity index (χ3n) is 5.27. The average molecular weight is 471 g/mol. The number of aromatic nitrogens is 6. The number of rotatable bonds is 5. The second kappa shape index (κ2) is 8.78. The van der Waals surface area contributed by atoms with Crippen molar-refractivity contribution in [2.45, 2.75) is 6.92 Å². The monoisotopic (exact) mass is 471 g/mol. The standard InChI is InChI=1S/C24H18FN7O3/c1-14-11-20(29-23(33)17-5-3-4-6-18(17)24(34)35-2)32(30-14)22-19-12-28-31(21(19)26-13-27-22)16-9-7-15(25)8-10-16/h3-13H,1-2H3,(H,29,33). The molecule has 10 nitrogen and oxygen atoms in total. The minimum Gasteiger partial charge on any atom is -0.465 e. The van der Waals surface area contributed by atoms with E-state index in [4.69, 9.17) is 4.74 Å². The smallest absolute Gasteiger partial charge is 0.338 e. The Morgan fingerprint density at radius 2 is 1.74 bits per heavy atom. The maximum absolute atomic E-state index is 13.4. The number of ether oxygens (including phenoxy) is 1. The van der Waals surface area contributed by atoms with Crippen molar-refractivity contribution in [3.63, 3.8) is 0 Å². The van der Waals surface area contributed by atoms with Crippen molar-refractivity contribution in [1.82, 2.24) is 29.5 Å². The number of hydrogen-bond acceptors (Lipinski definition) is 7. The highest BCUT2D eigenvalue weighted by Gasteiger charge is 2.21. The molecule has 5 rings (SSSR count). The molecular weight excluding hydrogens is 453 g/mol. The van der Waals surface area contributed by atoms with Crippen LogP contribution in [0.4, 0.5) is 10.2 Å². The molecule has 0 fully saturated rings. The number of fused-ring (bicyclic) bond motifs is 1. The molecule has 0 bridgehead atoms. The molecule has 11 heteroatoms. The molecule has 0 aliphatic heterocycles. The molecule has 0 radical (unpaired) electrons. The van der Waals surface area contributed by atoms with Crippen molar-refractivity contribution < 1.29 is 18.7 Å². The zero-order valence-corrected chi connectivity index (χ0v) is 18.6. The largest absolute Gasteiger partial charge is 0.465 e. The molecule has 35 heavy (non-hydrogen) atoms. The number of methoxy groups -OCH3 is 1. The fourth-order valence-corrected chi connectivity index (χ4v) is 3.67. The van der Waals surface area contributed by atoms with Crippen LogP contribution in [0.25, 0.3) is 22.5 Å². The van der Waals surface area contributed by atoms with Crippen LogP contribution in [0.3, 0.4) is 0 Å². The lowest BCUT2D eigenvalue weighted by atomic mass is 10.1. The van der Waals surface area contributed by atoms with E-state index in [0.29, 0.717) is 34.1 Å². The van der Waals surface area contributed by atoms with E-state index in [1.165, 1.54) is 42.4 Å². The Balaban J connectivity index is 1.55. The van der Waals surface area contributed by atoms with Gasteiger partial charge in [0.1, 0.15) is 18.0 Å². The lowest BCUT2D eigenvalue weighted by Gasteiger charge is -2.11. The third kappa shape index (κ3) is 3.99. The molecule has 174 valence electrons. The average Bonchev–Trinajstić information content (AvgIpc) is 3.47. The van der Waals surface area contributed by atoms with Gasteiger partial charge in [-0.1, -0.05) is 12.1 Å². The highest BCUT2D eigenvalue weighted by Crippen LogP contribution is 2.25. The van der Waals surface area contributed by atoms with Gasteiger partial charge in [-0.2, -0.15) is 14.9 Å². The summed E-state index contributed by atoms with van der Waals surface area (Å²) < 4.78 is 21.2. The summed E-state index contributed by atoms with van der Waals surface area (Å²) in [6, 6.07) is 13.9. The first-order chi connectivity index (χ1) is 17.0. The summed E-state index contributed by atoms with van der Waals surface area (Å²) in [4.78, 5) is 33.9. The van der Waals surface area contributed by atoms with Crippen molar-refractivity contribution in [3.05, 3.63) is 89.8 Å². The Morgan fingerprint density at radius 1 is 1.00 bits per heavy atom. The Bertz CT molecular complexity index is 1570. The molecule has 0 saturated heterocycles. The molecule has 5 aromatic rings. The Hall–Kier alpha value is -4.93. The van der Waals surface area contributed by atoms with E-state index in [1.54, 1.807) is 48.1 Å². The number of carbonyl (C=O) groups is 2. The van der Waals surface area contributed by atoms with Gasteiger partial charge in [-0.05, 0) is 43.3 Å². The number of anilines is 1. The molecule has 0 atom stereocenters. The van der Waals surface area contributed by atoms with Crippen LogP contribution in [0.2, 0.25) is 0 Å². The number of benzene rings is 2. The van der Waals surface area contributed by atoms with Crippen LogP contribution in [0.5, 0.6) is 0 Å². The number of aryl methyl sites for hydroxylation is 1. The van der Waals surface area contributed by atoms with Crippen molar-refractivity contribution >= 4 is 28.7 Å². The van der Waals surface area contributed by atoms with Gasteiger partial charge < -0.3 is 10.1 Å². The second-order valence-corrected chi connectivity index (χ2v) is 7.54. The van der Waals surface area contributed by atoms with E-state index in [0.717, 1.165) is 0 Å². The third-order valence-corrected chi connectivity index (χ3v) is 5.27. The molecule has 0 aliphatic rings. The normalized spacial score (nSPS) is 10.9. The number of nitrogens with zero attached hydrogens (tertiary/aromatic N) is 6. The molecule has 0 spiro atoms. The maximum Gasteiger partial charge on any atom is 0.338 e. The van der Waals surface area contributed by atoms with Crippen molar-refractivity contribution in [3.8, 4) is 11.5 Å². The van der Waals surface area contributed by atoms with Gasteiger partial charge in [-0.25, -0.2) is 23.8 Å². The van der Waals surface area contributed by atoms with E-state index in [2.05, 4.69) is 25.5 Å². The number of carbonyl (C=O) groups excluding carboxylic acids is 2. The fraction of sp³-hybridized carbons (Fsp3) is 0.0833. The number of nitrogens with one attached hydrogen (secondary N) is 1. The van der Waals surface area contributed by atoms with Gasteiger partial charge in [0.15, 0.2) is 11.5 Å². The summed E-state index contributed by atoms with van der Waals surface area (Å²) in [6.45, 7) is 1.77. The zero-order valence-electron chi connectivity index (χ0n) is 18.6. The molecule has 0 saturated carbocycles. The van der Waals surface area contributed by atoms with Crippen LogP contribution in [0.15, 0.2) is 67.1 Å². The van der Waals surface area contributed by atoms with Gasteiger partial charge in [0.25, 0.3) is 5.91 Å². The van der Waals surface area contributed by atoms with Gasteiger partial charge in [-0.15, -0.1) is 0 Å². The van der Waals surface area contributed by atoms with Gasteiger partial charge in [0.2, 0.25) is 0 Å². The summed E-state index contributed by atoms with van der Waals surface area (Å²) in [6.07, 6.45) is 2.93. The molecule has 1 amide bonds. The SMILES string of the molecule is COC(=O)c1ccccc1C(=O)Nc1cc(C)nn1-c1ncnc2c1cnn2-c1ccc(F)cc1. The minimum absolute atomic E-state index is 0.139. The van der Waals surface area contributed by atoms with E-state index < -0.39 is 11.9 Å². The number of esters is 1. The molecular formula is C24H18FN7O3.